The van der Waals surface area contributed by atoms with Gasteiger partial charge in [0.15, 0.2) is 0 Å². The van der Waals surface area contributed by atoms with Crippen molar-refractivity contribution in [2.45, 2.75) is 49.9 Å². The Kier molecular flexibility index (Phi) is 7.48. The van der Waals surface area contributed by atoms with E-state index in [1.807, 2.05) is 24.3 Å². The quantitative estimate of drug-likeness (QED) is 0.577. The molecule has 2 aromatic carbocycles. The van der Waals surface area contributed by atoms with Crippen molar-refractivity contribution < 1.29 is 27.4 Å². The second kappa shape index (κ2) is 10.4. The van der Waals surface area contributed by atoms with Gasteiger partial charge in [-0.1, -0.05) is 30.3 Å². The van der Waals surface area contributed by atoms with Gasteiger partial charge < -0.3 is 14.8 Å². The van der Waals surface area contributed by atoms with Gasteiger partial charge in [-0.3, -0.25) is 9.69 Å². The first-order valence-corrected chi connectivity index (χ1v) is 11.7. The van der Waals surface area contributed by atoms with E-state index in [-0.39, 0.29) is 5.91 Å². The minimum Gasteiger partial charge on any atom is -0.492 e. The Balaban J connectivity index is 1.29. The summed E-state index contributed by atoms with van der Waals surface area (Å²) in [6.07, 6.45) is -1.27. The molecule has 2 aromatic rings. The van der Waals surface area contributed by atoms with Crippen LogP contribution in [0.15, 0.2) is 48.5 Å². The molecule has 0 aromatic heterocycles. The molecule has 1 heterocycles. The zero-order valence-corrected chi connectivity index (χ0v) is 19.4. The molecule has 2 fully saturated rings. The molecular weight excluding hydrogens is 445 g/mol. The van der Waals surface area contributed by atoms with Crippen molar-refractivity contribution in [1.82, 2.24) is 10.2 Å². The number of hydrogen-bond donors (Lipinski definition) is 1. The van der Waals surface area contributed by atoms with E-state index in [2.05, 4.69) is 17.3 Å². The standard InChI is InChI=1S/C26H31F3N2O3/c1-31(22-8-13-33-14-9-22)12-15-34-23-7-2-4-19(16-23)18-30-24(32)25(10-11-25)20-5-3-6-21(17-20)26(27,28)29/h2-7,16-17,22H,8-15,18H2,1H3,(H,30,32). The molecule has 4 rings (SSSR count). The third-order valence-electron chi connectivity index (χ3n) is 6.81. The molecular formula is C26H31F3N2O3. The zero-order valence-electron chi connectivity index (χ0n) is 19.4. The second-order valence-corrected chi connectivity index (χ2v) is 9.16. The normalized spacial score (nSPS) is 18.0. The molecule has 1 amide bonds. The molecule has 1 saturated carbocycles. The lowest BCUT2D eigenvalue weighted by Gasteiger charge is -2.31. The van der Waals surface area contributed by atoms with Crippen molar-refractivity contribution in [3.63, 3.8) is 0 Å². The van der Waals surface area contributed by atoms with Crippen molar-refractivity contribution in [2.75, 3.05) is 33.4 Å². The first kappa shape index (κ1) is 24.5. The van der Waals surface area contributed by atoms with Gasteiger partial charge in [-0.25, -0.2) is 0 Å². The number of amides is 1. The molecule has 8 heteroatoms. The van der Waals surface area contributed by atoms with Crippen molar-refractivity contribution in [3.8, 4) is 5.75 Å². The van der Waals surface area contributed by atoms with Gasteiger partial charge in [0.2, 0.25) is 5.91 Å². The third kappa shape index (κ3) is 5.91. The SMILES string of the molecule is CN(CCOc1cccc(CNC(=O)C2(c3cccc(C(F)(F)F)c3)CC2)c1)C1CCOCC1. The highest BCUT2D eigenvalue weighted by Gasteiger charge is 2.51. The summed E-state index contributed by atoms with van der Waals surface area (Å²) < 4.78 is 50.6. The van der Waals surface area contributed by atoms with Crippen molar-refractivity contribution in [1.29, 1.82) is 0 Å². The van der Waals surface area contributed by atoms with Crippen LogP contribution in [0.1, 0.15) is 42.4 Å². The molecule has 1 N–H and O–H groups in total. The third-order valence-corrected chi connectivity index (χ3v) is 6.81. The maximum Gasteiger partial charge on any atom is 0.416 e. The number of carbonyl (C=O) groups is 1. The molecule has 0 bridgehead atoms. The topological polar surface area (TPSA) is 50.8 Å². The van der Waals surface area contributed by atoms with Crippen LogP contribution in [0.4, 0.5) is 13.2 Å². The van der Waals surface area contributed by atoms with E-state index in [1.165, 1.54) is 6.07 Å². The Labute approximate surface area is 198 Å². The summed E-state index contributed by atoms with van der Waals surface area (Å²) >= 11 is 0. The number of hydrogen-bond acceptors (Lipinski definition) is 4. The maximum absolute atomic E-state index is 13.1. The van der Waals surface area contributed by atoms with Gasteiger partial charge in [0.1, 0.15) is 12.4 Å². The summed E-state index contributed by atoms with van der Waals surface area (Å²) in [7, 11) is 2.10. The van der Waals surface area contributed by atoms with Crippen LogP contribution in [-0.4, -0.2) is 50.3 Å². The predicted octanol–water partition coefficient (Wildman–Crippen LogP) is 4.54. The van der Waals surface area contributed by atoms with Crippen LogP contribution in [0.3, 0.4) is 0 Å². The molecule has 34 heavy (non-hydrogen) atoms. The molecule has 0 atom stereocenters. The average Bonchev–Trinajstić information content (AvgIpc) is 3.65. The summed E-state index contributed by atoms with van der Waals surface area (Å²) in [6.45, 7) is 3.27. The summed E-state index contributed by atoms with van der Waals surface area (Å²) in [6, 6.07) is 13.2. The monoisotopic (exact) mass is 476 g/mol. The molecule has 1 saturated heterocycles. The van der Waals surface area contributed by atoms with Crippen LogP contribution in [0.2, 0.25) is 0 Å². The molecule has 184 valence electrons. The number of rotatable bonds is 9. The van der Waals surface area contributed by atoms with E-state index in [0.717, 1.165) is 56.0 Å². The van der Waals surface area contributed by atoms with E-state index in [0.29, 0.717) is 37.6 Å². The maximum atomic E-state index is 13.1. The fourth-order valence-corrected chi connectivity index (χ4v) is 4.48. The van der Waals surface area contributed by atoms with Crippen LogP contribution in [-0.2, 0) is 27.7 Å². The molecule has 1 aliphatic heterocycles. The molecule has 0 radical (unpaired) electrons. The molecule has 0 spiro atoms. The molecule has 5 nitrogen and oxygen atoms in total. The van der Waals surface area contributed by atoms with Crippen molar-refractivity contribution >= 4 is 5.91 Å². The fourth-order valence-electron chi connectivity index (χ4n) is 4.48. The van der Waals surface area contributed by atoms with Crippen LogP contribution in [0, 0.1) is 0 Å². The summed E-state index contributed by atoms with van der Waals surface area (Å²) in [5, 5.41) is 2.91. The number of nitrogens with zero attached hydrogens (tertiary/aromatic N) is 1. The van der Waals surface area contributed by atoms with Gasteiger partial charge in [0.25, 0.3) is 0 Å². The highest BCUT2D eigenvalue weighted by molar-refractivity contribution is 5.91. The second-order valence-electron chi connectivity index (χ2n) is 9.16. The molecule has 0 unspecified atom stereocenters. The van der Waals surface area contributed by atoms with Gasteiger partial charge in [-0.05, 0) is 62.1 Å². The van der Waals surface area contributed by atoms with E-state index >= 15 is 0 Å². The Morgan fingerprint density at radius 1 is 1.15 bits per heavy atom. The highest BCUT2D eigenvalue weighted by Crippen LogP contribution is 2.49. The number of alkyl halides is 3. The minimum atomic E-state index is -4.43. The van der Waals surface area contributed by atoms with Crippen LogP contribution in [0.25, 0.3) is 0 Å². The van der Waals surface area contributed by atoms with Gasteiger partial charge in [-0.2, -0.15) is 13.2 Å². The van der Waals surface area contributed by atoms with E-state index < -0.39 is 17.2 Å². The van der Waals surface area contributed by atoms with E-state index in [9.17, 15) is 18.0 Å². The first-order chi connectivity index (χ1) is 16.3. The van der Waals surface area contributed by atoms with Gasteiger partial charge in [0, 0.05) is 32.3 Å². The number of likely N-dealkylation sites (N-methyl/N-ethyl adjacent to an activating group) is 1. The number of halogens is 3. The number of carbonyl (C=O) groups excluding carboxylic acids is 1. The Morgan fingerprint density at radius 3 is 2.59 bits per heavy atom. The largest absolute Gasteiger partial charge is 0.492 e. The van der Waals surface area contributed by atoms with Gasteiger partial charge >= 0.3 is 6.18 Å². The Hall–Kier alpha value is -2.58. The predicted molar refractivity (Wildman–Crippen MR) is 123 cm³/mol. The first-order valence-electron chi connectivity index (χ1n) is 11.7. The summed E-state index contributed by atoms with van der Waals surface area (Å²) in [5.41, 5.74) is -0.296. The van der Waals surface area contributed by atoms with Gasteiger partial charge in [-0.15, -0.1) is 0 Å². The number of ether oxygens (including phenoxy) is 2. The number of benzene rings is 2. The highest BCUT2D eigenvalue weighted by atomic mass is 19.4. The Morgan fingerprint density at radius 2 is 1.88 bits per heavy atom. The van der Waals surface area contributed by atoms with Crippen LogP contribution in [0.5, 0.6) is 5.75 Å². The lowest BCUT2D eigenvalue weighted by atomic mass is 9.93. The summed E-state index contributed by atoms with van der Waals surface area (Å²) in [5.74, 6) is 0.488. The number of nitrogens with one attached hydrogen (secondary N) is 1. The minimum absolute atomic E-state index is 0.240. The fraction of sp³-hybridized carbons (Fsp3) is 0.500. The lowest BCUT2D eigenvalue weighted by molar-refractivity contribution is -0.137. The van der Waals surface area contributed by atoms with E-state index in [1.54, 1.807) is 6.07 Å². The zero-order chi connectivity index (χ0) is 24.2. The molecule has 1 aliphatic carbocycles. The molecule has 2 aliphatic rings. The van der Waals surface area contributed by atoms with Crippen molar-refractivity contribution in [2.24, 2.45) is 0 Å². The lowest BCUT2D eigenvalue weighted by Crippen LogP contribution is -2.38. The summed E-state index contributed by atoms with van der Waals surface area (Å²) in [4.78, 5) is 15.2. The van der Waals surface area contributed by atoms with Crippen molar-refractivity contribution in [3.05, 3.63) is 65.2 Å². The average molecular weight is 477 g/mol. The Bertz CT molecular complexity index is 985. The van der Waals surface area contributed by atoms with Gasteiger partial charge in [0.05, 0.1) is 11.0 Å². The van der Waals surface area contributed by atoms with E-state index in [4.69, 9.17) is 9.47 Å². The van der Waals surface area contributed by atoms with Crippen LogP contribution < -0.4 is 10.1 Å². The smallest absolute Gasteiger partial charge is 0.416 e. The van der Waals surface area contributed by atoms with Crippen LogP contribution >= 0.6 is 0 Å².